The van der Waals surface area contributed by atoms with Crippen LogP contribution in [0.1, 0.15) is 57.1 Å². The van der Waals surface area contributed by atoms with E-state index in [4.69, 9.17) is 0 Å². The maximum absolute atomic E-state index is 9.46. The van der Waals surface area contributed by atoms with E-state index in [0.29, 0.717) is 11.5 Å². The van der Waals surface area contributed by atoms with E-state index in [9.17, 15) is 10.2 Å². The Morgan fingerprint density at radius 2 is 1.05 bits per heavy atom. The van der Waals surface area contributed by atoms with Crippen molar-refractivity contribution in [2.75, 3.05) is 0 Å². The third-order valence-corrected chi connectivity index (χ3v) is 4.30. The molecule has 2 aromatic carbocycles. The summed E-state index contributed by atoms with van der Waals surface area (Å²) >= 11 is 0. The van der Waals surface area contributed by atoms with Gasteiger partial charge in [0.05, 0.1) is 0 Å². The minimum atomic E-state index is 0.0431. The highest BCUT2D eigenvalue weighted by atomic mass is 16.3. The first kappa shape index (κ1) is 16.4. The molecule has 0 radical (unpaired) electrons. The summed E-state index contributed by atoms with van der Waals surface area (Å²) in [6.45, 7) is 4.25. The van der Waals surface area contributed by atoms with Gasteiger partial charge in [-0.2, -0.15) is 0 Å². The summed E-state index contributed by atoms with van der Waals surface area (Å²) in [4.78, 5) is 0. The number of rotatable bonds is 2. The maximum Gasteiger partial charge on any atom is 0.115 e. The van der Waals surface area contributed by atoms with Crippen LogP contribution >= 0.6 is 0 Å². The van der Waals surface area contributed by atoms with Gasteiger partial charge in [-0.05, 0) is 48.2 Å². The van der Waals surface area contributed by atoms with Crippen molar-refractivity contribution in [1.29, 1.82) is 0 Å². The van der Waals surface area contributed by atoms with Crippen LogP contribution < -0.4 is 0 Å². The highest BCUT2D eigenvalue weighted by Crippen LogP contribution is 2.46. The van der Waals surface area contributed by atoms with E-state index in [1.54, 1.807) is 24.3 Å². The van der Waals surface area contributed by atoms with Crippen LogP contribution in [0.4, 0.5) is 0 Å². The van der Waals surface area contributed by atoms with Gasteiger partial charge in [-0.15, -0.1) is 0 Å². The van der Waals surface area contributed by atoms with Gasteiger partial charge < -0.3 is 10.2 Å². The molecule has 1 aliphatic carbocycles. The van der Waals surface area contributed by atoms with Gasteiger partial charge in [0, 0.05) is 5.41 Å². The minimum Gasteiger partial charge on any atom is -0.508 e. The van der Waals surface area contributed by atoms with Crippen LogP contribution in [0, 0.1) is 0 Å². The molecule has 2 heteroatoms. The van der Waals surface area contributed by atoms with Crippen LogP contribution in [0.3, 0.4) is 0 Å². The van der Waals surface area contributed by atoms with E-state index in [2.05, 4.69) is 13.8 Å². The van der Waals surface area contributed by atoms with Gasteiger partial charge in [0.15, 0.2) is 0 Å². The monoisotopic (exact) mass is 298 g/mol. The van der Waals surface area contributed by atoms with Gasteiger partial charge in [0.2, 0.25) is 0 Å². The Hall–Kier alpha value is -1.96. The zero-order valence-electron chi connectivity index (χ0n) is 13.5. The first-order valence-electron chi connectivity index (χ1n) is 8.21. The second-order valence-electron chi connectivity index (χ2n) is 6.09. The van der Waals surface area contributed by atoms with Gasteiger partial charge in [-0.25, -0.2) is 0 Å². The molecule has 2 nitrogen and oxygen atoms in total. The number of hydrogen-bond acceptors (Lipinski definition) is 2. The van der Waals surface area contributed by atoms with Crippen molar-refractivity contribution in [3.8, 4) is 11.5 Å². The van der Waals surface area contributed by atoms with Gasteiger partial charge in [-0.1, -0.05) is 57.4 Å². The molecule has 0 saturated heterocycles. The molecule has 0 heterocycles. The Kier molecular flexibility index (Phi) is 5.48. The predicted octanol–water partition coefficient (Wildman–Crippen LogP) is 5.37. The first-order valence-corrected chi connectivity index (χ1v) is 8.21. The Balaban J connectivity index is 0.000000545. The molecule has 22 heavy (non-hydrogen) atoms. The quantitative estimate of drug-likeness (QED) is 0.782. The van der Waals surface area contributed by atoms with E-state index in [0.717, 1.165) is 12.8 Å². The standard InChI is InChI=1S/C17H18O2.C3H8/c18-15-7-3-13(4-8-15)17(11-1-2-12-17)14-5-9-16(19)10-6-14;1-3-2/h3-10,18-19H,1-2,11-12H2;3H2,1-2H3. The fraction of sp³-hybridized carbons (Fsp3) is 0.400. The average molecular weight is 298 g/mol. The molecule has 0 atom stereocenters. The molecule has 0 amide bonds. The topological polar surface area (TPSA) is 40.5 Å². The Morgan fingerprint density at radius 1 is 0.727 bits per heavy atom. The fourth-order valence-corrected chi connectivity index (χ4v) is 3.28. The predicted molar refractivity (Wildman–Crippen MR) is 91.4 cm³/mol. The Bertz CT molecular complexity index is 516. The third kappa shape index (κ3) is 3.44. The lowest BCUT2D eigenvalue weighted by molar-refractivity contribution is 0.471. The summed E-state index contributed by atoms with van der Waals surface area (Å²) in [5.74, 6) is 0.616. The van der Waals surface area contributed by atoms with E-state index in [-0.39, 0.29) is 5.41 Å². The molecule has 0 unspecified atom stereocenters. The number of benzene rings is 2. The zero-order valence-corrected chi connectivity index (χ0v) is 13.5. The molecule has 3 rings (SSSR count). The molecule has 2 N–H and O–H groups in total. The second-order valence-corrected chi connectivity index (χ2v) is 6.09. The lowest BCUT2D eigenvalue weighted by Gasteiger charge is -2.30. The number of aromatic hydroxyl groups is 2. The smallest absolute Gasteiger partial charge is 0.115 e. The van der Waals surface area contributed by atoms with Crippen molar-refractivity contribution in [3.05, 3.63) is 59.7 Å². The molecule has 1 saturated carbocycles. The number of phenols is 2. The largest absolute Gasteiger partial charge is 0.508 e. The van der Waals surface area contributed by atoms with Crippen LogP contribution in [0.5, 0.6) is 11.5 Å². The molecule has 1 aliphatic rings. The lowest BCUT2D eigenvalue weighted by atomic mass is 9.73. The second kappa shape index (κ2) is 7.35. The SMILES string of the molecule is CCC.Oc1ccc(C2(c3ccc(O)cc3)CCCC2)cc1. The normalized spacial score (nSPS) is 15.9. The van der Waals surface area contributed by atoms with Crippen LogP contribution in [0.2, 0.25) is 0 Å². The molecule has 0 bridgehead atoms. The van der Waals surface area contributed by atoms with Crippen molar-refractivity contribution in [1.82, 2.24) is 0 Å². The molecule has 118 valence electrons. The van der Waals surface area contributed by atoms with Crippen molar-refractivity contribution < 1.29 is 10.2 Å². The number of phenolic OH excluding ortho intramolecular Hbond substituents is 2. The van der Waals surface area contributed by atoms with Crippen molar-refractivity contribution in [2.24, 2.45) is 0 Å². The van der Waals surface area contributed by atoms with E-state index >= 15 is 0 Å². The Morgan fingerprint density at radius 3 is 1.36 bits per heavy atom. The summed E-state index contributed by atoms with van der Waals surface area (Å²) < 4.78 is 0. The third-order valence-electron chi connectivity index (χ3n) is 4.30. The highest BCUT2D eigenvalue weighted by molar-refractivity contribution is 5.43. The molecular formula is C20H26O2. The van der Waals surface area contributed by atoms with Gasteiger partial charge in [-0.3, -0.25) is 0 Å². The maximum atomic E-state index is 9.46. The fourth-order valence-electron chi connectivity index (χ4n) is 3.28. The summed E-state index contributed by atoms with van der Waals surface area (Å²) in [6, 6.07) is 15.1. The van der Waals surface area contributed by atoms with Gasteiger partial charge >= 0.3 is 0 Å². The molecule has 0 spiro atoms. The van der Waals surface area contributed by atoms with E-state index in [1.807, 2.05) is 24.3 Å². The van der Waals surface area contributed by atoms with Crippen molar-refractivity contribution in [2.45, 2.75) is 51.4 Å². The van der Waals surface area contributed by atoms with E-state index < -0.39 is 0 Å². The molecular weight excluding hydrogens is 272 g/mol. The van der Waals surface area contributed by atoms with Gasteiger partial charge in [0.1, 0.15) is 11.5 Å². The molecule has 2 aromatic rings. The van der Waals surface area contributed by atoms with Crippen LogP contribution in [-0.2, 0) is 5.41 Å². The summed E-state index contributed by atoms with van der Waals surface area (Å²) in [7, 11) is 0. The van der Waals surface area contributed by atoms with Crippen molar-refractivity contribution in [3.63, 3.8) is 0 Å². The summed E-state index contributed by atoms with van der Waals surface area (Å²) in [5.41, 5.74) is 2.56. The zero-order chi connectivity index (χ0) is 16.0. The molecule has 0 aliphatic heterocycles. The van der Waals surface area contributed by atoms with Crippen molar-refractivity contribution >= 4 is 0 Å². The number of hydrogen-bond donors (Lipinski definition) is 2. The van der Waals surface area contributed by atoms with Gasteiger partial charge in [0.25, 0.3) is 0 Å². The highest BCUT2D eigenvalue weighted by Gasteiger charge is 2.37. The van der Waals surface area contributed by atoms with Crippen LogP contribution in [0.15, 0.2) is 48.5 Å². The molecule has 0 aromatic heterocycles. The summed E-state index contributed by atoms with van der Waals surface area (Å²) in [5, 5.41) is 18.9. The minimum absolute atomic E-state index is 0.0431. The Labute approximate surface area is 133 Å². The summed E-state index contributed by atoms with van der Waals surface area (Å²) in [6.07, 6.45) is 5.95. The first-order chi connectivity index (χ1) is 10.6. The van der Waals surface area contributed by atoms with Crippen LogP contribution in [0.25, 0.3) is 0 Å². The van der Waals surface area contributed by atoms with Crippen LogP contribution in [-0.4, -0.2) is 10.2 Å². The van der Waals surface area contributed by atoms with E-state index in [1.165, 1.54) is 30.4 Å². The molecule has 1 fully saturated rings. The lowest BCUT2D eigenvalue weighted by Crippen LogP contribution is -2.23. The average Bonchev–Trinajstić information content (AvgIpc) is 3.00.